The minimum Gasteiger partial charge on any atom is -0.496 e. The minimum absolute atomic E-state index is 0.0251. The number of hydrogen-bond donors (Lipinski definition) is 1. The predicted octanol–water partition coefficient (Wildman–Crippen LogP) is 3.56. The summed E-state index contributed by atoms with van der Waals surface area (Å²) >= 11 is 3.36. The molecular formula is C18H16BrFN2O3. The van der Waals surface area contributed by atoms with Gasteiger partial charge >= 0.3 is 6.03 Å². The highest BCUT2D eigenvalue weighted by molar-refractivity contribution is 9.10. The minimum atomic E-state index is -1.44. The van der Waals surface area contributed by atoms with Crippen molar-refractivity contribution >= 4 is 27.9 Å². The Morgan fingerprint density at radius 1 is 1.24 bits per heavy atom. The van der Waals surface area contributed by atoms with Gasteiger partial charge in [-0.25, -0.2) is 9.18 Å². The number of nitrogens with zero attached hydrogens (tertiary/aromatic N) is 1. The molecule has 7 heteroatoms. The van der Waals surface area contributed by atoms with Crippen molar-refractivity contribution in [3.63, 3.8) is 0 Å². The first-order valence-electron chi connectivity index (χ1n) is 7.58. The highest BCUT2D eigenvalue weighted by Crippen LogP contribution is 2.33. The van der Waals surface area contributed by atoms with Gasteiger partial charge in [-0.05, 0) is 31.2 Å². The maximum absolute atomic E-state index is 14.2. The van der Waals surface area contributed by atoms with E-state index in [9.17, 15) is 14.0 Å². The summed E-state index contributed by atoms with van der Waals surface area (Å²) in [6.07, 6.45) is 0. The van der Waals surface area contributed by atoms with Crippen molar-refractivity contribution in [2.75, 3.05) is 7.11 Å². The number of carbonyl (C=O) groups excluding carboxylic acids is 2. The van der Waals surface area contributed by atoms with Crippen LogP contribution in [0, 0.1) is 5.82 Å². The van der Waals surface area contributed by atoms with E-state index in [2.05, 4.69) is 21.2 Å². The standard InChI is InChI=1S/C18H16BrFN2O3/c1-18(13-5-3-4-6-14(13)20)16(23)22(17(24)21-18)10-11-9-12(19)7-8-15(11)25-2/h3-9H,10H2,1-2H3,(H,21,24). The number of ether oxygens (including phenoxy) is 1. The molecule has 1 heterocycles. The van der Waals surface area contributed by atoms with E-state index in [1.165, 1.54) is 32.2 Å². The Kier molecular flexibility index (Phi) is 4.51. The molecule has 0 radical (unpaired) electrons. The Labute approximate surface area is 152 Å². The zero-order chi connectivity index (χ0) is 18.2. The van der Waals surface area contributed by atoms with Gasteiger partial charge < -0.3 is 10.1 Å². The lowest BCUT2D eigenvalue weighted by Crippen LogP contribution is -2.41. The largest absolute Gasteiger partial charge is 0.496 e. The number of rotatable bonds is 4. The van der Waals surface area contributed by atoms with E-state index in [0.717, 1.165) is 9.37 Å². The van der Waals surface area contributed by atoms with Gasteiger partial charge in [0.15, 0.2) is 0 Å². The van der Waals surface area contributed by atoms with Gasteiger partial charge in [-0.3, -0.25) is 9.69 Å². The Bertz CT molecular complexity index is 858. The van der Waals surface area contributed by atoms with Gasteiger partial charge in [0.1, 0.15) is 17.1 Å². The van der Waals surface area contributed by atoms with Crippen LogP contribution in [0.5, 0.6) is 5.75 Å². The van der Waals surface area contributed by atoms with Crippen LogP contribution in [0.2, 0.25) is 0 Å². The molecule has 0 spiro atoms. The molecule has 5 nitrogen and oxygen atoms in total. The summed E-state index contributed by atoms with van der Waals surface area (Å²) in [6.45, 7) is 1.53. The van der Waals surface area contributed by atoms with E-state index in [-0.39, 0.29) is 12.1 Å². The lowest BCUT2D eigenvalue weighted by molar-refractivity contribution is -0.131. The van der Waals surface area contributed by atoms with E-state index in [1.54, 1.807) is 24.3 Å². The highest BCUT2D eigenvalue weighted by atomic mass is 79.9. The zero-order valence-electron chi connectivity index (χ0n) is 13.7. The van der Waals surface area contributed by atoms with Crippen LogP contribution >= 0.6 is 15.9 Å². The van der Waals surface area contributed by atoms with Gasteiger partial charge in [0.2, 0.25) is 0 Å². The number of nitrogens with one attached hydrogen (secondary N) is 1. The quantitative estimate of drug-likeness (QED) is 0.789. The van der Waals surface area contributed by atoms with Gasteiger partial charge in [-0.15, -0.1) is 0 Å². The molecule has 1 atom stereocenters. The van der Waals surface area contributed by atoms with E-state index in [0.29, 0.717) is 11.3 Å². The maximum Gasteiger partial charge on any atom is 0.325 e. The van der Waals surface area contributed by atoms with Crippen LogP contribution in [0.15, 0.2) is 46.9 Å². The molecule has 1 N–H and O–H groups in total. The summed E-state index contributed by atoms with van der Waals surface area (Å²) in [5.41, 5.74) is -0.642. The van der Waals surface area contributed by atoms with Crippen LogP contribution in [0.25, 0.3) is 0 Å². The molecule has 0 bridgehead atoms. The smallest absolute Gasteiger partial charge is 0.325 e. The topological polar surface area (TPSA) is 58.6 Å². The average Bonchev–Trinajstić information content (AvgIpc) is 2.79. The molecule has 0 saturated carbocycles. The number of hydrogen-bond acceptors (Lipinski definition) is 3. The molecule has 1 aliphatic rings. The summed E-state index contributed by atoms with van der Waals surface area (Å²) in [6, 6.07) is 10.7. The highest BCUT2D eigenvalue weighted by Gasteiger charge is 2.50. The van der Waals surface area contributed by atoms with Crippen molar-refractivity contribution < 1.29 is 18.7 Å². The van der Waals surface area contributed by atoms with Crippen molar-refractivity contribution in [1.82, 2.24) is 10.2 Å². The van der Waals surface area contributed by atoms with Crippen molar-refractivity contribution in [2.24, 2.45) is 0 Å². The van der Waals surface area contributed by atoms with Crippen molar-refractivity contribution in [3.05, 3.63) is 63.9 Å². The number of carbonyl (C=O) groups is 2. The number of amides is 3. The summed E-state index contributed by atoms with van der Waals surface area (Å²) < 4.78 is 20.2. The molecule has 2 aromatic rings. The fraction of sp³-hybridized carbons (Fsp3) is 0.222. The maximum atomic E-state index is 14.2. The van der Waals surface area contributed by atoms with Crippen molar-refractivity contribution in [3.8, 4) is 5.75 Å². The zero-order valence-corrected chi connectivity index (χ0v) is 15.3. The molecular weight excluding hydrogens is 391 g/mol. The third-order valence-corrected chi connectivity index (χ3v) is 4.75. The lowest BCUT2D eigenvalue weighted by Gasteiger charge is -2.23. The molecule has 1 unspecified atom stereocenters. The average molecular weight is 407 g/mol. The number of benzene rings is 2. The van der Waals surface area contributed by atoms with Crippen LogP contribution < -0.4 is 10.1 Å². The Morgan fingerprint density at radius 2 is 1.96 bits per heavy atom. The van der Waals surface area contributed by atoms with Gasteiger partial charge in [0.25, 0.3) is 5.91 Å². The number of imide groups is 1. The van der Waals surface area contributed by atoms with E-state index >= 15 is 0 Å². The molecule has 25 heavy (non-hydrogen) atoms. The fourth-order valence-corrected chi connectivity index (χ4v) is 3.34. The van der Waals surface area contributed by atoms with Crippen LogP contribution in [-0.2, 0) is 16.9 Å². The molecule has 130 valence electrons. The molecule has 3 rings (SSSR count). The van der Waals surface area contributed by atoms with Crippen LogP contribution in [0.4, 0.5) is 9.18 Å². The number of urea groups is 1. The molecule has 0 aromatic heterocycles. The SMILES string of the molecule is COc1ccc(Br)cc1CN1C(=O)NC(C)(c2ccccc2F)C1=O. The van der Waals surface area contributed by atoms with Crippen molar-refractivity contribution in [2.45, 2.75) is 19.0 Å². The summed E-state index contributed by atoms with van der Waals surface area (Å²) in [5.74, 6) is -0.492. The second-order valence-electron chi connectivity index (χ2n) is 5.88. The Morgan fingerprint density at radius 3 is 2.64 bits per heavy atom. The van der Waals surface area contributed by atoms with Gasteiger partial charge in [0.05, 0.1) is 13.7 Å². The molecule has 0 aliphatic carbocycles. The number of methoxy groups -OCH3 is 1. The monoisotopic (exact) mass is 406 g/mol. The third-order valence-electron chi connectivity index (χ3n) is 4.26. The summed E-state index contributed by atoms with van der Waals surface area (Å²) in [5, 5.41) is 2.60. The molecule has 3 amide bonds. The van der Waals surface area contributed by atoms with Crippen molar-refractivity contribution in [1.29, 1.82) is 0 Å². The second kappa shape index (κ2) is 6.48. The van der Waals surface area contributed by atoms with Crippen LogP contribution in [0.1, 0.15) is 18.1 Å². The molecule has 1 aliphatic heterocycles. The number of halogens is 2. The first kappa shape index (κ1) is 17.4. The molecule has 1 saturated heterocycles. The van der Waals surface area contributed by atoms with Gasteiger partial charge in [-0.1, -0.05) is 34.1 Å². The molecule has 2 aromatic carbocycles. The third kappa shape index (κ3) is 3.00. The first-order valence-corrected chi connectivity index (χ1v) is 8.37. The van der Waals surface area contributed by atoms with E-state index in [1.807, 2.05) is 0 Å². The van der Waals surface area contributed by atoms with Crippen LogP contribution in [-0.4, -0.2) is 23.9 Å². The fourth-order valence-electron chi connectivity index (χ4n) is 2.93. The van der Waals surface area contributed by atoms with Gasteiger partial charge in [-0.2, -0.15) is 0 Å². The normalized spacial score (nSPS) is 19.9. The van der Waals surface area contributed by atoms with Gasteiger partial charge in [0, 0.05) is 15.6 Å². The Balaban J connectivity index is 1.95. The predicted molar refractivity (Wildman–Crippen MR) is 93.5 cm³/mol. The lowest BCUT2D eigenvalue weighted by atomic mass is 9.91. The second-order valence-corrected chi connectivity index (χ2v) is 6.80. The first-order chi connectivity index (χ1) is 11.9. The van der Waals surface area contributed by atoms with E-state index in [4.69, 9.17) is 4.74 Å². The van der Waals surface area contributed by atoms with Crippen LogP contribution in [0.3, 0.4) is 0 Å². The van der Waals surface area contributed by atoms with E-state index < -0.39 is 23.3 Å². The summed E-state index contributed by atoms with van der Waals surface area (Å²) in [7, 11) is 1.52. The molecule has 1 fully saturated rings. The summed E-state index contributed by atoms with van der Waals surface area (Å²) in [4.78, 5) is 26.4. The Hall–Kier alpha value is -2.41.